The minimum Gasteiger partial charge on any atom is -0.479 e. The van der Waals surface area contributed by atoms with Gasteiger partial charge in [-0.05, 0) is 0 Å². The highest BCUT2D eigenvalue weighted by atomic mass is 16.4. The van der Waals surface area contributed by atoms with Crippen LogP contribution in [0.5, 0.6) is 0 Å². The summed E-state index contributed by atoms with van der Waals surface area (Å²) in [7, 11) is 0. The van der Waals surface area contributed by atoms with Crippen LogP contribution in [0.2, 0.25) is 0 Å². The molecular formula is C5H12N4O3. The number of hydrogen-bond acceptors (Lipinski definition) is 4. The molecule has 0 aromatic heterocycles. The van der Waals surface area contributed by atoms with Crippen LogP contribution in [0, 0.1) is 5.41 Å². The van der Waals surface area contributed by atoms with E-state index in [4.69, 9.17) is 21.4 Å². The Balaban J connectivity index is 3.87. The van der Waals surface area contributed by atoms with Crippen molar-refractivity contribution in [2.45, 2.75) is 6.17 Å². The van der Waals surface area contributed by atoms with E-state index in [1.54, 1.807) is 0 Å². The Morgan fingerprint density at radius 2 is 2.25 bits per heavy atom. The second-order valence-corrected chi connectivity index (χ2v) is 2.01. The van der Waals surface area contributed by atoms with Gasteiger partial charge in [0.1, 0.15) is 0 Å². The van der Waals surface area contributed by atoms with Crippen LogP contribution < -0.4 is 16.4 Å². The summed E-state index contributed by atoms with van der Waals surface area (Å²) in [6.45, 7) is -0.0549. The molecule has 0 bridgehead atoms. The summed E-state index contributed by atoms with van der Waals surface area (Å²) in [5.74, 6) is -1.62. The topological polar surface area (TPSA) is 131 Å². The summed E-state index contributed by atoms with van der Waals surface area (Å²) in [6.07, 6.45) is -1.13. The average molecular weight is 176 g/mol. The maximum absolute atomic E-state index is 10.4. The van der Waals surface area contributed by atoms with Crippen LogP contribution in [0.1, 0.15) is 0 Å². The molecule has 0 saturated heterocycles. The zero-order valence-electron chi connectivity index (χ0n) is 6.37. The molecule has 0 spiro atoms. The largest absolute Gasteiger partial charge is 0.479 e. The summed E-state index contributed by atoms with van der Waals surface area (Å²) in [5, 5.41) is 28.2. The Hall–Kier alpha value is -1.34. The molecule has 7 N–H and O–H groups in total. The Morgan fingerprint density at radius 1 is 1.67 bits per heavy atom. The van der Waals surface area contributed by atoms with E-state index in [0.717, 1.165) is 0 Å². The van der Waals surface area contributed by atoms with Crippen molar-refractivity contribution in [3.05, 3.63) is 0 Å². The average Bonchev–Trinajstić information content (AvgIpc) is 1.96. The van der Waals surface area contributed by atoms with Gasteiger partial charge in [0.05, 0.1) is 6.61 Å². The molecule has 0 saturated carbocycles. The van der Waals surface area contributed by atoms with Crippen LogP contribution in [0.3, 0.4) is 0 Å². The number of carbonyl (C=O) groups is 1. The van der Waals surface area contributed by atoms with Crippen LogP contribution in [-0.2, 0) is 4.79 Å². The van der Waals surface area contributed by atoms with Crippen molar-refractivity contribution in [3.63, 3.8) is 0 Å². The molecule has 0 aliphatic rings. The Morgan fingerprint density at radius 3 is 2.58 bits per heavy atom. The number of aliphatic hydroxyl groups is 1. The van der Waals surface area contributed by atoms with Crippen LogP contribution in [0.4, 0.5) is 0 Å². The molecule has 0 amide bonds. The number of nitrogens with two attached hydrogens (primary N) is 1. The summed E-state index contributed by atoms with van der Waals surface area (Å²) >= 11 is 0. The predicted octanol–water partition coefficient (Wildman–Crippen LogP) is -2.54. The molecule has 0 aliphatic heterocycles. The van der Waals surface area contributed by atoms with Gasteiger partial charge in [0, 0.05) is 6.54 Å². The first-order chi connectivity index (χ1) is 5.57. The molecule has 0 heterocycles. The fourth-order valence-corrected chi connectivity index (χ4v) is 0.564. The van der Waals surface area contributed by atoms with Crippen LogP contribution in [0.15, 0.2) is 0 Å². The van der Waals surface area contributed by atoms with Gasteiger partial charge in [-0.3, -0.25) is 10.7 Å². The number of aliphatic carboxylic acids is 1. The van der Waals surface area contributed by atoms with E-state index in [1.807, 2.05) is 0 Å². The third kappa shape index (κ3) is 4.47. The first-order valence-electron chi connectivity index (χ1n) is 3.25. The SMILES string of the molecule is N=C(N)NC(NCCO)C(=O)O. The van der Waals surface area contributed by atoms with Crippen molar-refractivity contribution >= 4 is 11.9 Å². The number of hydrogen-bond donors (Lipinski definition) is 6. The predicted molar refractivity (Wildman–Crippen MR) is 41.6 cm³/mol. The maximum Gasteiger partial charge on any atom is 0.341 e. The second-order valence-electron chi connectivity index (χ2n) is 2.01. The molecule has 1 unspecified atom stereocenters. The summed E-state index contributed by atoms with van der Waals surface area (Å²) in [5.41, 5.74) is 4.91. The van der Waals surface area contributed by atoms with E-state index in [0.29, 0.717) is 0 Å². The standard InChI is InChI=1S/C5H12N4O3/c6-5(7)9-3(4(11)12)8-1-2-10/h3,8,10H,1-2H2,(H,11,12)(H4,6,7,9). The highest BCUT2D eigenvalue weighted by Gasteiger charge is 2.15. The van der Waals surface area contributed by atoms with Gasteiger partial charge in [-0.25, -0.2) is 4.79 Å². The first kappa shape index (κ1) is 10.7. The summed E-state index contributed by atoms with van der Waals surface area (Å²) in [4.78, 5) is 10.4. The lowest BCUT2D eigenvalue weighted by atomic mass is 10.4. The van der Waals surface area contributed by atoms with Gasteiger partial charge in [0.25, 0.3) is 0 Å². The monoisotopic (exact) mass is 176 g/mol. The van der Waals surface area contributed by atoms with Crippen LogP contribution in [0.25, 0.3) is 0 Å². The molecule has 70 valence electrons. The van der Waals surface area contributed by atoms with Crippen molar-refractivity contribution in [3.8, 4) is 0 Å². The minimum absolute atomic E-state index is 0.122. The fraction of sp³-hybridized carbons (Fsp3) is 0.600. The number of aliphatic hydroxyl groups excluding tert-OH is 1. The molecule has 0 aromatic rings. The molecule has 7 heteroatoms. The lowest BCUT2D eigenvalue weighted by Crippen LogP contribution is -2.53. The molecule has 0 rings (SSSR count). The van der Waals surface area contributed by atoms with Crippen molar-refractivity contribution in [1.82, 2.24) is 10.6 Å². The molecule has 0 aromatic carbocycles. The van der Waals surface area contributed by atoms with Crippen molar-refractivity contribution in [2.24, 2.45) is 5.73 Å². The van der Waals surface area contributed by atoms with Gasteiger partial charge < -0.3 is 21.3 Å². The van der Waals surface area contributed by atoms with Gasteiger partial charge in [-0.2, -0.15) is 0 Å². The zero-order valence-corrected chi connectivity index (χ0v) is 6.37. The molecule has 0 aliphatic carbocycles. The lowest BCUT2D eigenvalue weighted by molar-refractivity contribution is -0.139. The van der Waals surface area contributed by atoms with Gasteiger partial charge in [-0.1, -0.05) is 0 Å². The quantitative estimate of drug-likeness (QED) is 0.155. The van der Waals surface area contributed by atoms with Crippen molar-refractivity contribution in [2.75, 3.05) is 13.2 Å². The molecule has 7 nitrogen and oxygen atoms in total. The van der Waals surface area contributed by atoms with Crippen LogP contribution in [-0.4, -0.2) is 41.5 Å². The van der Waals surface area contributed by atoms with Gasteiger partial charge >= 0.3 is 5.97 Å². The number of carboxylic acids is 1. The smallest absolute Gasteiger partial charge is 0.341 e. The van der Waals surface area contributed by atoms with E-state index >= 15 is 0 Å². The number of carboxylic acid groups (broad SMARTS) is 1. The molecule has 1 atom stereocenters. The molecule has 0 radical (unpaired) electrons. The highest BCUT2D eigenvalue weighted by Crippen LogP contribution is 1.76. The first-order valence-corrected chi connectivity index (χ1v) is 3.25. The van der Waals surface area contributed by atoms with E-state index in [2.05, 4.69) is 10.6 Å². The molecular weight excluding hydrogens is 164 g/mol. The fourth-order valence-electron chi connectivity index (χ4n) is 0.564. The third-order valence-electron chi connectivity index (χ3n) is 1.01. The van der Waals surface area contributed by atoms with Crippen molar-refractivity contribution in [1.29, 1.82) is 5.41 Å². The minimum atomic E-state index is -1.18. The van der Waals surface area contributed by atoms with E-state index < -0.39 is 18.1 Å². The zero-order chi connectivity index (χ0) is 9.56. The van der Waals surface area contributed by atoms with Crippen molar-refractivity contribution < 1.29 is 15.0 Å². The van der Waals surface area contributed by atoms with Gasteiger partial charge in [0.15, 0.2) is 12.1 Å². The Kier molecular flexibility index (Phi) is 4.73. The Bertz CT molecular complexity index is 172. The maximum atomic E-state index is 10.4. The normalized spacial score (nSPS) is 12.1. The molecule has 0 fully saturated rings. The summed E-state index contributed by atoms with van der Waals surface area (Å²) < 4.78 is 0. The van der Waals surface area contributed by atoms with E-state index in [-0.39, 0.29) is 13.2 Å². The second kappa shape index (κ2) is 5.33. The van der Waals surface area contributed by atoms with Gasteiger partial charge in [0.2, 0.25) is 0 Å². The van der Waals surface area contributed by atoms with Crippen LogP contribution >= 0.6 is 0 Å². The Labute approximate surface area is 69.1 Å². The lowest BCUT2D eigenvalue weighted by Gasteiger charge is -2.14. The number of rotatable bonds is 5. The third-order valence-corrected chi connectivity index (χ3v) is 1.01. The van der Waals surface area contributed by atoms with Gasteiger partial charge in [-0.15, -0.1) is 0 Å². The number of nitrogens with one attached hydrogen (secondary N) is 3. The van der Waals surface area contributed by atoms with E-state index in [1.165, 1.54) is 0 Å². The summed E-state index contributed by atoms with van der Waals surface area (Å²) in [6, 6.07) is 0. The van der Waals surface area contributed by atoms with E-state index in [9.17, 15) is 4.79 Å². The highest BCUT2D eigenvalue weighted by molar-refractivity contribution is 5.82. The molecule has 12 heavy (non-hydrogen) atoms. The number of guanidine groups is 1.